The lowest BCUT2D eigenvalue weighted by Crippen LogP contribution is -2.14. The fourth-order valence-corrected chi connectivity index (χ4v) is 3.44. The minimum absolute atomic E-state index is 0.0247. The number of allylic oxidation sites excluding steroid dienone is 4. The van der Waals surface area contributed by atoms with Crippen LogP contribution in [0.1, 0.15) is 37.0 Å². The third-order valence-corrected chi connectivity index (χ3v) is 4.68. The summed E-state index contributed by atoms with van der Waals surface area (Å²) >= 11 is 11.6. The average Bonchev–Trinajstić information content (AvgIpc) is 2.56. The SMILES string of the molecule is CCOC(=O)c1c(O)c2ccc(Cl)nc2n(C2=C(C)C=CCC2)c1=S. The molecule has 1 aliphatic carbocycles. The molecule has 2 aromatic heterocycles. The van der Waals surface area contributed by atoms with Crippen molar-refractivity contribution in [3.05, 3.63) is 45.2 Å². The summed E-state index contributed by atoms with van der Waals surface area (Å²) in [4.78, 5) is 16.7. The molecule has 0 aromatic carbocycles. The van der Waals surface area contributed by atoms with Crippen molar-refractivity contribution in [2.45, 2.75) is 26.7 Å². The third-order valence-electron chi connectivity index (χ3n) is 4.08. The first-order valence-corrected chi connectivity index (χ1v) is 8.72. The Labute approximate surface area is 155 Å². The van der Waals surface area contributed by atoms with Crippen molar-refractivity contribution in [3.8, 4) is 5.75 Å². The largest absolute Gasteiger partial charge is 0.506 e. The Balaban J connectivity index is 2.45. The second-order valence-electron chi connectivity index (χ2n) is 5.66. The first-order chi connectivity index (χ1) is 12.0. The predicted octanol–water partition coefficient (Wildman–Crippen LogP) is 4.88. The summed E-state index contributed by atoms with van der Waals surface area (Å²) in [6, 6.07) is 3.19. The number of carbonyl (C=O) groups is 1. The van der Waals surface area contributed by atoms with E-state index in [1.165, 1.54) is 0 Å². The predicted molar refractivity (Wildman–Crippen MR) is 100 cm³/mol. The number of pyridine rings is 2. The molecule has 0 saturated carbocycles. The molecule has 0 atom stereocenters. The van der Waals surface area contributed by atoms with E-state index < -0.39 is 5.97 Å². The molecule has 0 saturated heterocycles. The molecular formula is C18H17ClN2O3S. The fourth-order valence-electron chi connectivity index (χ4n) is 2.92. The van der Waals surface area contributed by atoms with Crippen LogP contribution < -0.4 is 0 Å². The standard InChI is InChI=1S/C18H17ClN2O3S/c1-3-24-18(23)14-15(22)11-8-9-13(19)20-16(11)21(17(14)25)12-7-5-4-6-10(12)2/h4,6,8-9,22H,3,5,7H2,1-2H3. The number of halogens is 1. The van der Waals surface area contributed by atoms with Gasteiger partial charge in [0.2, 0.25) is 0 Å². The van der Waals surface area contributed by atoms with Crippen LogP contribution in [0.5, 0.6) is 5.75 Å². The minimum Gasteiger partial charge on any atom is -0.506 e. The summed E-state index contributed by atoms with van der Waals surface area (Å²) in [6.07, 6.45) is 5.69. The molecule has 1 aliphatic rings. The lowest BCUT2D eigenvalue weighted by atomic mass is 10.0. The average molecular weight is 377 g/mol. The van der Waals surface area contributed by atoms with Crippen molar-refractivity contribution in [1.29, 1.82) is 0 Å². The molecule has 2 heterocycles. The fraction of sp³-hybridized carbons (Fsp3) is 0.278. The lowest BCUT2D eigenvalue weighted by Gasteiger charge is -2.21. The highest BCUT2D eigenvalue weighted by atomic mass is 35.5. The molecule has 5 nitrogen and oxygen atoms in total. The van der Waals surface area contributed by atoms with Crippen LogP contribution in [-0.2, 0) is 4.74 Å². The third kappa shape index (κ3) is 3.07. The maximum absolute atomic E-state index is 12.4. The number of rotatable bonds is 3. The van der Waals surface area contributed by atoms with Crippen LogP contribution in [0.3, 0.4) is 0 Å². The molecule has 0 radical (unpaired) electrons. The molecule has 0 fully saturated rings. The van der Waals surface area contributed by atoms with E-state index in [0.29, 0.717) is 11.0 Å². The van der Waals surface area contributed by atoms with Gasteiger partial charge in [-0.1, -0.05) is 36.0 Å². The van der Waals surface area contributed by atoms with Gasteiger partial charge < -0.3 is 9.84 Å². The van der Waals surface area contributed by atoms with E-state index in [0.717, 1.165) is 24.1 Å². The van der Waals surface area contributed by atoms with E-state index in [1.807, 2.05) is 13.0 Å². The number of nitrogens with zero attached hydrogens (tertiary/aromatic N) is 2. The number of hydrogen-bond donors (Lipinski definition) is 1. The van der Waals surface area contributed by atoms with Crippen molar-refractivity contribution in [2.75, 3.05) is 6.61 Å². The first kappa shape index (κ1) is 17.6. The quantitative estimate of drug-likeness (QED) is 0.469. The molecule has 25 heavy (non-hydrogen) atoms. The van der Waals surface area contributed by atoms with Gasteiger partial charge in [0.1, 0.15) is 21.1 Å². The summed E-state index contributed by atoms with van der Waals surface area (Å²) in [5.41, 5.74) is 2.35. The van der Waals surface area contributed by atoms with Gasteiger partial charge in [-0.3, -0.25) is 4.57 Å². The van der Waals surface area contributed by atoms with Gasteiger partial charge in [0.15, 0.2) is 5.65 Å². The molecular weight excluding hydrogens is 360 g/mol. The van der Waals surface area contributed by atoms with Gasteiger partial charge in [0.05, 0.1) is 12.0 Å². The van der Waals surface area contributed by atoms with Crippen molar-refractivity contribution < 1.29 is 14.6 Å². The number of esters is 1. The van der Waals surface area contributed by atoms with E-state index in [-0.39, 0.29) is 27.7 Å². The monoisotopic (exact) mass is 376 g/mol. The van der Waals surface area contributed by atoms with Gasteiger partial charge >= 0.3 is 5.97 Å². The topological polar surface area (TPSA) is 64.3 Å². The molecule has 0 spiro atoms. The van der Waals surface area contributed by atoms with E-state index in [9.17, 15) is 9.90 Å². The van der Waals surface area contributed by atoms with Crippen LogP contribution >= 0.6 is 23.8 Å². The van der Waals surface area contributed by atoms with Gasteiger partial charge in [-0.05, 0) is 44.4 Å². The van der Waals surface area contributed by atoms with Gasteiger partial charge in [-0.2, -0.15) is 0 Å². The van der Waals surface area contributed by atoms with E-state index in [2.05, 4.69) is 11.1 Å². The zero-order valence-corrected chi connectivity index (χ0v) is 15.4. The second-order valence-corrected chi connectivity index (χ2v) is 6.43. The zero-order chi connectivity index (χ0) is 18.1. The number of aromatic nitrogens is 2. The molecule has 3 rings (SSSR count). The second kappa shape index (κ2) is 6.98. The van der Waals surface area contributed by atoms with E-state index in [4.69, 9.17) is 28.6 Å². The molecule has 0 bridgehead atoms. The van der Waals surface area contributed by atoms with Crippen molar-refractivity contribution in [1.82, 2.24) is 9.55 Å². The highest BCUT2D eigenvalue weighted by Crippen LogP contribution is 2.35. The van der Waals surface area contributed by atoms with Crippen LogP contribution in [-0.4, -0.2) is 27.2 Å². The smallest absolute Gasteiger partial charge is 0.345 e. The Morgan fingerprint density at radius 1 is 1.48 bits per heavy atom. The summed E-state index contributed by atoms with van der Waals surface area (Å²) in [5, 5.41) is 11.3. The van der Waals surface area contributed by atoms with E-state index in [1.54, 1.807) is 23.6 Å². The highest BCUT2D eigenvalue weighted by Gasteiger charge is 2.24. The van der Waals surface area contributed by atoms with Crippen molar-refractivity contribution >= 4 is 46.5 Å². The Hall–Kier alpha value is -2.18. The number of ether oxygens (including phenoxy) is 1. The Morgan fingerprint density at radius 3 is 2.92 bits per heavy atom. The van der Waals surface area contributed by atoms with Gasteiger partial charge in [0.25, 0.3) is 0 Å². The van der Waals surface area contributed by atoms with Gasteiger partial charge in [-0.25, -0.2) is 9.78 Å². The van der Waals surface area contributed by atoms with Crippen LogP contribution in [0.15, 0.2) is 29.9 Å². The van der Waals surface area contributed by atoms with Crippen molar-refractivity contribution in [2.24, 2.45) is 0 Å². The Kier molecular flexibility index (Phi) is 4.92. The van der Waals surface area contributed by atoms with Crippen LogP contribution in [0, 0.1) is 4.64 Å². The molecule has 0 amide bonds. The lowest BCUT2D eigenvalue weighted by molar-refractivity contribution is 0.0522. The number of carbonyl (C=O) groups excluding carboxylic acids is 1. The van der Waals surface area contributed by atoms with Gasteiger partial charge in [-0.15, -0.1) is 0 Å². The number of fused-ring (bicyclic) bond motifs is 1. The normalized spacial score (nSPS) is 14.2. The molecule has 0 aliphatic heterocycles. The maximum atomic E-state index is 12.4. The van der Waals surface area contributed by atoms with Crippen molar-refractivity contribution in [3.63, 3.8) is 0 Å². The summed E-state index contributed by atoms with van der Waals surface area (Å²) in [7, 11) is 0. The van der Waals surface area contributed by atoms with Crippen LogP contribution in [0.2, 0.25) is 5.15 Å². The van der Waals surface area contributed by atoms with Crippen LogP contribution in [0.25, 0.3) is 16.7 Å². The molecule has 1 N–H and O–H groups in total. The molecule has 7 heteroatoms. The first-order valence-electron chi connectivity index (χ1n) is 7.93. The highest BCUT2D eigenvalue weighted by molar-refractivity contribution is 7.71. The maximum Gasteiger partial charge on any atom is 0.345 e. The number of aromatic hydroxyl groups is 1. The van der Waals surface area contributed by atoms with Gasteiger partial charge in [0, 0.05) is 5.70 Å². The molecule has 0 unspecified atom stereocenters. The Bertz CT molecular complexity index is 992. The Morgan fingerprint density at radius 2 is 2.24 bits per heavy atom. The molecule has 2 aromatic rings. The summed E-state index contributed by atoms with van der Waals surface area (Å²) < 4.78 is 6.97. The molecule has 130 valence electrons. The minimum atomic E-state index is -0.653. The summed E-state index contributed by atoms with van der Waals surface area (Å²) in [6.45, 7) is 3.86. The van der Waals surface area contributed by atoms with E-state index >= 15 is 0 Å². The zero-order valence-electron chi connectivity index (χ0n) is 13.9. The van der Waals surface area contributed by atoms with Crippen LogP contribution in [0.4, 0.5) is 0 Å². The summed E-state index contributed by atoms with van der Waals surface area (Å²) in [5.74, 6) is -0.885. The number of hydrogen-bond acceptors (Lipinski definition) is 5.